The van der Waals surface area contributed by atoms with Gasteiger partial charge >= 0.3 is 0 Å². The van der Waals surface area contributed by atoms with Crippen LogP contribution in [0.4, 0.5) is 28.6 Å². The molecule has 0 amide bonds. The fourth-order valence-electron chi connectivity index (χ4n) is 6.26. The highest BCUT2D eigenvalue weighted by Crippen LogP contribution is 2.50. The SMILES string of the molecule is COc1cccc(Nc2ccc(CS(C)(=O)=O)cc2N2C=C3CN(S(=O)(=O)c4ccc(C)cc4)c4c3c(c[nH]c4=O)-c3ccc(C)cc32)n1. The molecule has 4 heterocycles. The Bertz CT molecular complexity index is 2460. The summed E-state index contributed by atoms with van der Waals surface area (Å²) in [5, 5.41) is 3.36. The van der Waals surface area contributed by atoms with Gasteiger partial charge in [-0.2, -0.15) is 4.98 Å². The monoisotopic (exact) mass is 695 g/mol. The Morgan fingerprint density at radius 1 is 0.898 bits per heavy atom. The zero-order chi connectivity index (χ0) is 34.7. The minimum absolute atomic E-state index is 0.0439. The number of pyridine rings is 2. The zero-order valence-corrected chi connectivity index (χ0v) is 28.8. The molecule has 0 bridgehead atoms. The lowest BCUT2D eigenvalue weighted by atomic mass is 9.96. The van der Waals surface area contributed by atoms with E-state index in [9.17, 15) is 21.6 Å². The lowest BCUT2D eigenvalue weighted by Crippen LogP contribution is -2.33. The van der Waals surface area contributed by atoms with Crippen molar-refractivity contribution in [3.05, 3.63) is 124 Å². The van der Waals surface area contributed by atoms with Crippen molar-refractivity contribution >= 4 is 54.0 Å². The largest absolute Gasteiger partial charge is 0.481 e. The summed E-state index contributed by atoms with van der Waals surface area (Å²) in [5.41, 5.74) is 6.41. The zero-order valence-electron chi connectivity index (χ0n) is 27.2. The second-order valence-electron chi connectivity index (χ2n) is 12.2. The summed E-state index contributed by atoms with van der Waals surface area (Å²) in [6.07, 6.45) is 4.64. The Morgan fingerprint density at radius 2 is 1.65 bits per heavy atom. The van der Waals surface area contributed by atoms with E-state index in [0.717, 1.165) is 26.7 Å². The number of rotatable bonds is 8. The third-order valence-corrected chi connectivity index (χ3v) is 11.1. The minimum Gasteiger partial charge on any atom is -0.481 e. The van der Waals surface area contributed by atoms with E-state index < -0.39 is 25.4 Å². The van der Waals surface area contributed by atoms with E-state index in [4.69, 9.17) is 4.74 Å². The molecule has 0 fully saturated rings. The molecule has 0 atom stereocenters. The first kappa shape index (κ1) is 32.2. The van der Waals surface area contributed by atoms with Crippen LogP contribution in [-0.4, -0.2) is 46.7 Å². The standard InChI is InChI=1S/C36H33N5O6S2/c1-22-8-12-26(13-9-22)49(45,46)41-20-25-19-40(30-16-23(2)10-14-27(30)28-18-37-36(42)35(41)34(25)28)31-17-24(21-48(4,43)44)11-15-29(31)38-32-6-5-7-33(39-32)47-3/h5-19H,20-21H2,1-4H3,(H,37,42)(H,38,39). The molecule has 2 N–H and O–H groups in total. The van der Waals surface area contributed by atoms with Gasteiger partial charge in [-0.1, -0.05) is 42.0 Å². The summed E-state index contributed by atoms with van der Waals surface area (Å²) in [7, 11) is -5.98. The molecule has 2 aromatic heterocycles. The van der Waals surface area contributed by atoms with Gasteiger partial charge in [0.1, 0.15) is 11.5 Å². The Balaban J connectivity index is 1.47. The first-order valence-electron chi connectivity index (χ1n) is 15.4. The molecule has 13 heteroatoms. The highest BCUT2D eigenvalue weighted by Gasteiger charge is 2.40. The Labute approximate surface area is 284 Å². The van der Waals surface area contributed by atoms with Crippen LogP contribution in [0, 0.1) is 13.8 Å². The van der Waals surface area contributed by atoms with E-state index in [-0.39, 0.29) is 22.9 Å². The Hall–Kier alpha value is -5.40. The average Bonchev–Trinajstić information content (AvgIpc) is 3.39. The number of ether oxygens (including phenoxy) is 1. The predicted molar refractivity (Wildman–Crippen MR) is 192 cm³/mol. The lowest BCUT2D eigenvalue weighted by Gasteiger charge is -2.27. The maximum atomic E-state index is 14.1. The van der Waals surface area contributed by atoms with Crippen LogP contribution in [0.15, 0.2) is 101 Å². The number of benzene rings is 3. The molecular formula is C36H33N5O6S2. The van der Waals surface area contributed by atoms with Gasteiger partial charge in [0, 0.05) is 41.4 Å². The number of aromatic amines is 1. The van der Waals surface area contributed by atoms with Crippen molar-refractivity contribution in [2.75, 3.05) is 34.4 Å². The van der Waals surface area contributed by atoms with Gasteiger partial charge in [-0.25, -0.2) is 16.8 Å². The molecular weight excluding hydrogens is 663 g/mol. The third-order valence-electron chi connectivity index (χ3n) is 8.50. The summed E-state index contributed by atoms with van der Waals surface area (Å²) in [5.74, 6) is 0.715. The van der Waals surface area contributed by atoms with Crippen LogP contribution < -0.4 is 24.8 Å². The number of aryl methyl sites for hydroxylation is 2. The predicted octanol–water partition coefficient (Wildman–Crippen LogP) is 6.05. The van der Waals surface area contributed by atoms with Crippen molar-refractivity contribution in [2.24, 2.45) is 0 Å². The van der Waals surface area contributed by atoms with Crippen LogP contribution in [0.3, 0.4) is 0 Å². The van der Waals surface area contributed by atoms with Crippen molar-refractivity contribution in [2.45, 2.75) is 24.5 Å². The van der Waals surface area contributed by atoms with E-state index in [1.807, 2.05) is 43.1 Å². The molecule has 0 radical (unpaired) electrons. The summed E-state index contributed by atoms with van der Waals surface area (Å²) >= 11 is 0. The maximum Gasteiger partial charge on any atom is 0.273 e. The lowest BCUT2D eigenvalue weighted by molar-refractivity contribution is 0.398. The number of hydrogen-bond donors (Lipinski definition) is 2. The molecule has 250 valence electrons. The normalized spacial score (nSPS) is 13.8. The average molecular weight is 696 g/mol. The Morgan fingerprint density at radius 3 is 2.39 bits per heavy atom. The minimum atomic E-state index is -4.13. The van der Waals surface area contributed by atoms with Crippen molar-refractivity contribution in [3.8, 4) is 17.0 Å². The van der Waals surface area contributed by atoms with Crippen LogP contribution in [0.2, 0.25) is 0 Å². The summed E-state index contributed by atoms with van der Waals surface area (Å²) in [6, 6.07) is 23.1. The Kier molecular flexibility index (Phi) is 7.83. The van der Waals surface area contributed by atoms with Crippen molar-refractivity contribution in [1.82, 2.24) is 9.97 Å². The highest BCUT2D eigenvalue weighted by molar-refractivity contribution is 7.93. The number of sulfonamides is 1. The number of nitrogens with one attached hydrogen (secondary N) is 2. The molecule has 0 saturated carbocycles. The molecule has 3 aromatic carbocycles. The third kappa shape index (κ3) is 5.95. The van der Waals surface area contributed by atoms with E-state index in [1.165, 1.54) is 25.5 Å². The van der Waals surface area contributed by atoms with Gasteiger partial charge in [-0.05, 0) is 66.9 Å². The molecule has 49 heavy (non-hydrogen) atoms. The number of aromatic nitrogens is 2. The van der Waals surface area contributed by atoms with Gasteiger partial charge in [-0.3, -0.25) is 9.10 Å². The number of anilines is 5. The van der Waals surface area contributed by atoms with E-state index in [1.54, 1.807) is 54.7 Å². The van der Waals surface area contributed by atoms with E-state index in [0.29, 0.717) is 45.3 Å². The molecule has 0 saturated heterocycles. The summed E-state index contributed by atoms with van der Waals surface area (Å²) in [4.78, 5) is 22.8. The fourth-order valence-corrected chi connectivity index (χ4v) is 8.50. The summed E-state index contributed by atoms with van der Waals surface area (Å²) in [6.45, 7) is 3.74. The maximum absolute atomic E-state index is 14.1. The smallest absolute Gasteiger partial charge is 0.273 e. The number of sulfone groups is 1. The van der Waals surface area contributed by atoms with Crippen molar-refractivity contribution in [3.63, 3.8) is 0 Å². The van der Waals surface area contributed by atoms with E-state index in [2.05, 4.69) is 15.3 Å². The van der Waals surface area contributed by atoms with Crippen LogP contribution in [0.1, 0.15) is 22.3 Å². The molecule has 7 rings (SSSR count). The van der Waals surface area contributed by atoms with Gasteiger partial charge in [0.25, 0.3) is 15.6 Å². The second-order valence-corrected chi connectivity index (χ2v) is 16.2. The van der Waals surface area contributed by atoms with Gasteiger partial charge in [0.05, 0.1) is 41.4 Å². The first-order chi connectivity index (χ1) is 23.3. The summed E-state index contributed by atoms with van der Waals surface area (Å²) < 4.78 is 59.6. The highest BCUT2D eigenvalue weighted by atomic mass is 32.2. The molecule has 11 nitrogen and oxygen atoms in total. The van der Waals surface area contributed by atoms with Gasteiger partial charge < -0.3 is 19.9 Å². The molecule has 5 aromatic rings. The quantitative estimate of drug-likeness (QED) is 0.198. The van der Waals surface area contributed by atoms with Gasteiger partial charge in [0.15, 0.2) is 9.84 Å². The van der Waals surface area contributed by atoms with Crippen molar-refractivity contribution in [1.29, 1.82) is 0 Å². The van der Waals surface area contributed by atoms with Gasteiger partial charge in [0.2, 0.25) is 5.88 Å². The van der Waals surface area contributed by atoms with Crippen molar-refractivity contribution < 1.29 is 21.6 Å². The number of H-pyrrole nitrogens is 1. The van der Waals surface area contributed by atoms with Crippen LogP contribution >= 0.6 is 0 Å². The second kappa shape index (κ2) is 11.9. The fraction of sp³-hybridized carbons (Fsp3) is 0.167. The first-order valence-corrected chi connectivity index (χ1v) is 18.9. The van der Waals surface area contributed by atoms with Crippen LogP contribution in [-0.2, 0) is 25.6 Å². The number of methoxy groups -OCH3 is 1. The van der Waals surface area contributed by atoms with Crippen LogP contribution in [0.5, 0.6) is 5.88 Å². The number of fused-ring (bicyclic) bond motifs is 2. The number of nitrogens with zero attached hydrogens (tertiary/aromatic N) is 3. The molecule has 2 aliphatic rings. The topological polar surface area (TPSA) is 142 Å². The van der Waals surface area contributed by atoms with E-state index >= 15 is 0 Å². The van der Waals surface area contributed by atoms with Gasteiger partial charge in [-0.15, -0.1) is 0 Å². The molecule has 0 aliphatic carbocycles. The van der Waals surface area contributed by atoms with Crippen LogP contribution in [0.25, 0.3) is 16.7 Å². The number of hydrogen-bond acceptors (Lipinski definition) is 9. The molecule has 0 spiro atoms. The molecule has 0 unspecified atom stereocenters. The molecule has 2 aliphatic heterocycles.